The van der Waals surface area contributed by atoms with Crippen LogP contribution in [0.3, 0.4) is 0 Å². The Kier molecular flexibility index (Phi) is 4.64. The van der Waals surface area contributed by atoms with Crippen molar-refractivity contribution >= 4 is 11.6 Å². The third-order valence-corrected chi connectivity index (χ3v) is 2.96. The van der Waals surface area contributed by atoms with E-state index in [1.54, 1.807) is 0 Å². The highest BCUT2D eigenvalue weighted by Gasteiger charge is 2.19. The molecule has 3 heteroatoms. The van der Waals surface area contributed by atoms with Gasteiger partial charge in [-0.15, -0.1) is 0 Å². The molecule has 1 aromatic carbocycles. The lowest BCUT2D eigenvalue weighted by atomic mass is 10.2. The highest BCUT2D eigenvalue weighted by Crippen LogP contribution is 2.17. The lowest BCUT2D eigenvalue weighted by Crippen LogP contribution is -2.22. The van der Waals surface area contributed by atoms with Crippen LogP contribution < -0.4 is 5.32 Å². The number of nitrogens with one attached hydrogen (secondary N) is 1. The maximum Gasteiger partial charge on any atom is 0.0591 e. The highest BCUT2D eigenvalue weighted by molar-refractivity contribution is 6.30. The Hall–Kier alpha value is -0.570. The van der Waals surface area contributed by atoms with Crippen LogP contribution in [0, 0.1) is 0 Å². The smallest absolute Gasteiger partial charge is 0.0591 e. The van der Waals surface area contributed by atoms with E-state index in [0.717, 1.165) is 37.2 Å². The minimum atomic E-state index is 0.778. The summed E-state index contributed by atoms with van der Waals surface area (Å²) in [5.41, 5.74) is 1.28. The van der Waals surface area contributed by atoms with Crippen LogP contribution in [-0.2, 0) is 11.2 Å². The molecule has 0 atom stereocenters. The van der Waals surface area contributed by atoms with Gasteiger partial charge >= 0.3 is 0 Å². The summed E-state index contributed by atoms with van der Waals surface area (Å²) in [5, 5.41) is 4.21. The predicted octanol–water partition coefficient (Wildman–Crippen LogP) is 2.65. The minimum absolute atomic E-state index is 0.778. The summed E-state index contributed by atoms with van der Waals surface area (Å²) < 4.78 is 5.55. The number of hydrogen-bond acceptors (Lipinski definition) is 2. The fourth-order valence-electron chi connectivity index (χ4n) is 1.57. The van der Waals surface area contributed by atoms with Gasteiger partial charge in [0.1, 0.15) is 0 Å². The molecule has 1 fully saturated rings. The van der Waals surface area contributed by atoms with Gasteiger partial charge in [-0.25, -0.2) is 0 Å². The number of ether oxygens (including phenoxy) is 1. The Bertz CT molecular complexity index is 308. The van der Waals surface area contributed by atoms with Gasteiger partial charge in [-0.2, -0.15) is 0 Å². The molecule has 2 nitrogen and oxygen atoms in total. The van der Waals surface area contributed by atoms with E-state index < -0.39 is 0 Å². The van der Waals surface area contributed by atoms with Gasteiger partial charge in [0, 0.05) is 17.6 Å². The Balaban J connectivity index is 1.51. The number of rotatable bonds is 7. The second-order valence-corrected chi connectivity index (χ2v) is 4.65. The lowest BCUT2D eigenvalue weighted by molar-refractivity contribution is 0.138. The molecular weight excluding hydrogens is 222 g/mol. The molecule has 0 radical (unpaired) electrons. The van der Waals surface area contributed by atoms with Crippen molar-refractivity contribution in [2.45, 2.75) is 25.3 Å². The molecule has 0 aromatic heterocycles. The van der Waals surface area contributed by atoms with Crippen molar-refractivity contribution in [3.05, 3.63) is 34.9 Å². The van der Waals surface area contributed by atoms with Gasteiger partial charge in [-0.3, -0.25) is 0 Å². The third kappa shape index (κ3) is 4.52. The number of hydrogen-bond donors (Lipinski definition) is 1. The van der Waals surface area contributed by atoms with Crippen molar-refractivity contribution in [2.75, 3.05) is 19.8 Å². The van der Waals surface area contributed by atoms with Crippen LogP contribution in [0.1, 0.15) is 18.4 Å². The fraction of sp³-hybridized carbons (Fsp3) is 0.538. The Morgan fingerprint density at radius 1 is 1.19 bits per heavy atom. The van der Waals surface area contributed by atoms with E-state index in [0.29, 0.717) is 0 Å². The molecule has 1 saturated carbocycles. The maximum absolute atomic E-state index is 5.81. The van der Waals surface area contributed by atoms with Crippen LogP contribution in [0.15, 0.2) is 24.3 Å². The zero-order valence-electron chi connectivity index (χ0n) is 9.42. The molecule has 2 rings (SSSR count). The van der Waals surface area contributed by atoms with Crippen LogP contribution in [0.25, 0.3) is 0 Å². The standard InChI is InChI=1S/C13H18ClNO/c14-12-3-1-11(2-4-12)7-9-16-10-8-15-13-5-6-13/h1-4,13,15H,5-10H2. The van der Waals surface area contributed by atoms with E-state index >= 15 is 0 Å². The van der Waals surface area contributed by atoms with Crippen molar-refractivity contribution in [3.63, 3.8) is 0 Å². The van der Waals surface area contributed by atoms with Crippen LogP contribution in [0.2, 0.25) is 5.02 Å². The van der Waals surface area contributed by atoms with E-state index in [2.05, 4.69) is 5.32 Å². The quantitative estimate of drug-likeness (QED) is 0.739. The topological polar surface area (TPSA) is 21.3 Å². The van der Waals surface area contributed by atoms with Gasteiger partial charge in [0.15, 0.2) is 0 Å². The average Bonchev–Trinajstić information content (AvgIpc) is 3.10. The molecule has 16 heavy (non-hydrogen) atoms. The molecule has 0 saturated heterocycles. The average molecular weight is 240 g/mol. The second-order valence-electron chi connectivity index (χ2n) is 4.22. The van der Waals surface area contributed by atoms with Crippen molar-refractivity contribution in [1.82, 2.24) is 5.32 Å². The summed E-state index contributed by atoms with van der Waals surface area (Å²) in [6.45, 7) is 2.57. The zero-order chi connectivity index (χ0) is 11.2. The summed E-state index contributed by atoms with van der Waals surface area (Å²) in [4.78, 5) is 0. The molecule has 0 heterocycles. The number of halogens is 1. The monoisotopic (exact) mass is 239 g/mol. The van der Waals surface area contributed by atoms with Crippen molar-refractivity contribution in [3.8, 4) is 0 Å². The van der Waals surface area contributed by atoms with Crippen LogP contribution in [0.4, 0.5) is 0 Å². The SMILES string of the molecule is Clc1ccc(CCOCCNC2CC2)cc1. The fourth-order valence-corrected chi connectivity index (χ4v) is 1.69. The minimum Gasteiger partial charge on any atom is -0.380 e. The normalized spacial score (nSPS) is 15.3. The molecule has 88 valence electrons. The van der Waals surface area contributed by atoms with E-state index in [-0.39, 0.29) is 0 Å². The van der Waals surface area contributed by atoms with Crippen molar-refractivity contribution < 1.29 is 4.74 Å². The molecule has 1 aliphatic carbocycles. The van der Waals surface area contributed by atoms with Gasteiger partial charge < -0.3 is 10.1 Å². The first-order valence-electron chi connectivity index (χ1n) is 5.90. The summed E-state index contributed by atoms with van der Waals surface area (Å²) in [5.74, 6) is 0. The second kappa shape index (κ2) is 6.24. The molecule has 0 aliphatic heterocycles. The molecule has 1 aliphatic rings. The van der Waals surface area contributed by atoms with Crippen molar-refractivity contribution in [2.24, 2.45) is 0 Å². The largest absolute Gasteiger partial charge is 0.380 e. The Labute approximate surface area is 102 Å². The van der Waals surface area contributed by atoms with Crippen LogP contribution >= 0.6 is 11.6 Å². The maximum atomic E-state index is 5.81. The number of benzene rings is 1. The summed E-state index contributed by atoms with van der Waals surface area (Å²) in [6, 6.07) is 8.72. The molecule has 0 bridgehead atoms. The molecule has 0 spiro atoms. The Morgan fingerprint density at radius 3 is 2.62 bits per heavy atom. The van der Waals surface area contributed by atoms with E-state index in [1.165, 1.54) is 18.4 Å². The molecule has 1 aromatic rings. The molecule has 0 unspecified atom stereocenters. The first-order valence-corrected chi connectivity index (χ1v) is 6.28. The van der Waals surface area contributed by atoms with Gasteiger partial charge in [0.25, 0.3) is 0 Å². The molecular formula is C13H18ClNO. The molecule has 0 amide bonds. The van der Waals surface area contributed by atoms with E-state index in [1.807, 2.05) is 24.3 Å². The van der Waals surface area contributed by atoms with Gasteiger partial charge in [0.2, 0.25) is 0 Å². The molecule has 1 N–H and O–H groups in total. The first kappa shape index (κ1) is 11.9. The van der Waals surface area contributed by atoms with Gasteiger partial charge in [-0.1, -0.05) is 23.7 Å². The van der Waals surface area contributed by atoms with Gasteiger partial charge in [0.05, 0.1) is 13.2 Å². The highest BCUT2D eigenvalue weighted by atomic mass is 35.5. The van der Waals surface area contributed by atoms with E-state index in [4.69, 9.17) is 16.3 Å². The summed E-state index contributed by atoms with van der Waals surface area (Å²) in [7, 11) is 0. The lowest BCUT2D eigenvalue weighted by Gasteiger charge is -2.05. The van der Waals surface area contributed by atoms with Crippen LogP contribution in [-0.4, -0.2) is 25.8 Å². The first-order chi connectivity index (χ1) is 7.84. The summed E-state index contributed by atoms with van der Waals surface area (Å²) in [6.07, 6.45) is 3.64. The van der Waals surface area contributed by atoms with Crippen molar-refractivity contribution in [1.29, 1.82) is 0 Å². The van der Waals surface area contributed by atoms with E-state index in [9.17, 15) is 0 Å². The summed E-state index contributed by atoms with van der Waals surface area (Å²) >= 11 is 5.81. The zero-order valence-corrected chi connectivity index (χ0v) is 10.2. The van der Waals surface area contributed by atoms with Crippen LogP contribution in [0.5, 0.6) is 0 Å². The van der Waals surface area contributed by atoms with Gasteiger partial charge in [-0.05, 0) is 37.0 Å². The predicted molar refractivity (Wildman–Crippen MR) is 67.0 cm³/mol. The Morgan fingerprint density at radius 2 is 1.94 bits per heavy atom. The third-order valence-electron chi connectivity index (χ3n) is 2.71.